The quantitative estimate of drug-likeness (QED) is 0.489. The number of carbonyl (C=O) groups excluding carboxylic acids is 1. The van der Waals surface area contributed by atoms with Gasteiger partial charge >= 0.3 is 6.03 Å². The summed E-state index contributed by atoms with van der Waals surface area (Å²) in [6, 6.07) is 12.6. The van der Waals surface area contributed by atoms with Crippen molar-refractivity contribution in [3.63, 3.8) is 0 Å². The van der Waals surface area contributed by atoms with Crippen molar-refractivity contribution in [2.45, 2.75) is 31.7 Å². The van der Waals surface area contributed by atoms with Crippen molar-refractivity contribution in [2.75, 3.05) is 77.4 Å². The predicted molar refractivity (Wildman–Crippen MR) is 153 cm³/mol. The number of rotatable bonds is 9. The Balaban J connectivity index is 1.19. The molecular formula is C31H43F2N5O2. The third-order valence-corrected chi connectivity index (χ3v) is 8.61. The van der Waals surface area contributed by atoms with E-state index in [4.69, 9.17) is 4.74 Å². The summed E-state index contributed by atoms with van der Waals surface area (Å²) in [7, 11) is 0. The van der Waals surface area contributed by atoms with Crippen molar-refractivity contribution in [1.82, 2.24) is 20.0 Å². The largest absolute Gasteiger partial charge is 0.379 e. The molecule has 0 unspecified atom stereocenters. The van der Waals surface area contributed by atoms with Crippen LogP contribution >= 0.6 is 0 Å². The number of likely N-dealkylation sites (tertiary alicyclic amines) is 2. The van der Waals surface area contributed by atoms with Gasteiger partial charge in [-0.15, -0.1) is 0 Å². The third kappa shape index (κ3) is 8.70. The first kappa shape index (κ1) is 28.9. The maximum absolute atomic E-state index is 13.4. The number of urea groups is 1. The van der Waals surface area contributed by atoms with Crippen molar-refractivity contribution in [2.24, 2.45) is 11.8 Å². The number of hydrogen-bond acceptors (Lipinski definition) is 5. The molecule has 5 rings (SSSR count). The molecule has 40 heavy (non-hydrogen) atoms. The highest BCUT2D eigenvalue weighted by Gasteiger charge is 2.33. The van der Waals surface area contributed by atoms with Gasteiger partial charge in [0.25, 0.3) is 0 Å². The monoisotopic (exact) mass is 555 g/mol. The van der Waals surface area contributed by atoms with Crippen LogP contribution in [0.25, 0.3) is 0 Å². The molecule has 0 saturated carbocycles. The van der Waals surface area contributed by atoms with Crippen LogP contribution in [0.4, 0.5) is 19.3 Å². The van der Waals surface area contributed by atoms with Crippen LogP contribution < -0.4 is 10.6 Å². The van der Waals surface area contributed by atoms with Crippen LogP contribution in [0.3, 0.4) is 0 Å². The van der Waals surface area contributed by atoms with Gasteiger partial charge in [0.15, 0.2) is 0 Å². The van der Waals surface area contributed by atoms with Crippen LogP contribution in [0.15, 0.2) is 48.5 Å². The Morgan fingerprint density at radius 1 is 0.825 bits per heavy atom. The molecule has 0 aliphatic carbocycles. The number of morpholine rings is 1. The van der Waals surface area contributed by atoms with E-state index < -0.39 is 0 Å². The average Bonchev–Trinajstić information content (AvgIpc) is 2.96. The molecule has 3 fully saturated rings. The zero-order chi connectivity index (χ0) is 27.7. The van der Waals surface area contributed by atoms with Gasteiger partial charge in [0.2, 0.25) is 0 Å². The van der Waals surface area contributed by atoms with E-state index in [-0.39, 0.29) is 23.7 Å². The molecule has 3 atom stereocenters. The van der Waals surface area contributed by atoms with Crippen molar-refractivity contribution >= 4 is 11.7 Å². The lowest BCUT2D eigenvalue weighted by atomic mass is 9.88. The summed E-state index contributed by atoms with van der Waals surface area (Å²) < 4.78 is 32.2. The molecular weight excluding hydrogens is 512 g/mol. The van der Waals surface area contributed by atoms with Gasteiger partial charge in [0.05, 0.1) is 13.2 Å². The van der Waals surface area contributed by atoms with Crippen LogP contribution in [0, 0.1) is 23.5 Å². The van der Waals surface area contributed by atoms with E-state index in [1.807, 2.05) is 12.1 Å². The second-order valence-electron chi connectivity index (χ2n) is 11.6. The fourth-order valence-electron chi connectivity index (χ4n) is 6.43. The molecule has 2 aromatic rings. The Bertz CT molecular complexity index is 1060. The number of nitrogens with zero attached hydrogens (tertiary/aromatic N) is 3. The highest BCUT2D eigenvalue weighted by atomic mass is 19.1. The Hall–Kier alpha value is -2.59. The summed E-state index contributed by atoms with van der Waals surface area (Å²) >= 11 is 0. The van der Waals surface area contributed by atoms with Gasteiger partial charge in [-0.3, -0.25) is 4.90 Å². The summed E-state index contributed by atoms with van der Waals surface area (Å²) in [6.45, 7) is 10.6. The lowest BCUT2D eigenvalue weighted by Gasteiger charge is -2.43. The van der Waals surface area contributed by atoms with Gasteiger partial charge in [0.1, 0.15) is 11.6 Å². The molecule has 9 heteroatoms. The molecule has 2 N–H and O–H groups in total. The zero-order valence-electron chi connectivity index (χ0n) is 23.4. The van der Waals surface area contributed by atoms with E-state index in [2.05, 4.69) is 25.3 Å². The van der Waals surface area contributed by atoms with Gasteiger partial charge < -0.3 is 25.2 Å². The number of carbonyl (C=O) groups is 1. The maximum Gasteiger partial charge on any atom is 0.319 e. The standard InChI is InChI=1S/C31H43F2N5O2/c32-27-5-3-24(4-6-27)20-25-2-1-12-38(21-25)23-26-22-37(15-14-36-16-18-40-19-17-36)13-11-30(26)35-31(39)34-29-9-7-28(33)8-10-29/h3-10,25-26,30H,1-2,11-23H2,(H2,34,35,39)/t25-,26-,30+/m0/s1. The summed E-state index contributed by atoms with van der Waals surface area (Å²) in [5, 5.41) is 6.11. The first-order valence-corrected chi connectivity index (χ1v) is 14.8. The number of amides is 2. The van der Waals surface area contributed by atoms with Crippen LogP contribution in [-0.2, 0) is 11.2 Å². The Kier molecular flexibility index (Phi) is 10.4. The molecule has 3 aliphatic heterocycles. The first-order valence-electron chi connectivity index (χ1n) is 14.8. The molecule has 3 saturated heterocycles. The van der Waals surface area contributed by atoms with Crippen LogP contribution in [0.1, 0.15) is 24.8 Å². The van der Waals surface area contributed by atoms with Crippen LogP contribution in [0.5, 0.6) is 0 Å². The Morgan fingerprint density at radius 3 is 2.27 bits per heavy atom. The number of piperidine rings is 2. The number of benzene rings is 2. The molecule has 218 valence electrons. The minimum atomic E-state index is -0.324. The van der Waals surface area contributed by atoms with E-state index in [9.17, 15) is 13.6 Å². The first-order chi connectivity index (χ1) is 19.5. The van der Waals surface area contributed by atoms with E-state index in [0.29, 0.717) is 17.5 Å². The van der Waals surface area contributed by atoms with Gasteiger partial charge in [-0.2, -0.15) is 0 Å². The van der Waals surface area contributed by atoms with Gasteiger partial charge in [0, 0.05) is 70.0 Å². The maximum atomic E-state index is 13.4. The highest BCUT2D eigenvalue weighted by Crippen LogP contribution is 2.25. The molecule has 7 nitrogen and oxygen atoms in total. The summed E-state index contributed by atoms with van der Waals surface area (Å²) in [5.74, 6) is 0.344. The topological polar surface area (TPSA) is 60.1 Å². The summed E-state index contributed by atoms with van der Waals surface area (Å²) in [5.41, 5.74) is 1.77. The predicted octanol–water partition coefficient (Wildman–Crippen LogP) is 4.06. The zero-order valence-corrected chi connectivity index (χ0v) is 23.4. The van der Waals surface area contributed by atoms with E-state index in [1.165, 1.54) is 24.1 Å². The van der Waals surface area contributed by atoms with E-state index in [1.54, 1.807) is 24.3 Å². The molecule has 0 aromatic heterocycles. The van der Waals surface area contributed by atoms with Crippen molar-refractivity contribution in [1.29, 1.82) is 0 Å². The number of nitrogens with one attached hydrogen (secondary N) is 2. The molecule has 3 heterocycles. The second kappa shape index (κ2) is 14.3. The van der Waals surface area contributed by atoms with Crippen molar-refractivity contribution in [3.8, 4) is 0 Å². The second-order valence-corrected chi connectivity index (χ2v) is 11.6. The number of ether oxygens (including phenoxy) is 1. The van der Waals surface area contributed by atoms with Crippen LogP contribution in [0.2, 0.25) is 0 Å². The minimum Gasteiger partial charge on any atom is -0.379 e. The minimum absolute atomic E-state index is 0.0672. The fraction of sp³-hybridized carbons (Fsp3) is 0.581. The third-order valence-electron chi connectivity index (χ3n) is 8.61. The Labute approximate surface area is 236 Å². The lowest BCUT2D eigenvalue weighted by Crippen LogP contribution is -2.56. The molecule has 0 radical (unpaired) electrons. The highest BCUT2D eigenvalue weighted by molar-refractivity contribution is 5.89. The SMILES string of the molecule is O=C(Nc1ccc(F)cc1)N[C@@H]1CCN(CCN2CCOCC2)C[C@H]1CN1CCC[C@@H](Cc2ccc(F)cc2)C1. The van der Waals surface area contributed by atoms with E-state index >= 15 is 0 Å². The van der Waals surface area contributed by atoms with E-state index in [0.717, 1.165) is 91.4 Å². The van der Waals surface area contributed by atoms with Gasteiger partial charge in [-0.25, -0.2) is 13.6 Å². The number of hydrogen-bond donors (Lipinski definition) is 2. The molecule has 2 aromatic carbocycles. The number of anilines is 1. The lowest BCUT2D eigenvalue weighted by molar-refractivity contribution is 0.0274. The van der Waals surface area contributed by atoms with Crippen molar-refractivity contribution < 1.29 is 18.3 Å². The fourth-order valence-corrected chi connectivity index (χ4v) is 6.43. The van der Waals surface area contributed by atoms with Crippen LogP contribution in [-0.4, -0.2) is 98.9 Å². The normalized spacial score (nSPS) is 25.0. The number of halogens is 2. The summed E-state index contributed by atoms with van der Waals surface area (Å²) in [4.78, 5) is 20.5. The smallest absolute Gasteiger partial charge is 0.319 e. The molecule has 2 amide bonds. The molecule has 0 spiro atoms. The Morgan fingerprint density at radius 2 is 1.52 bits per heavy atom. The van der Waals surface area contributed by atoms with Crippen molar-refractivity contribution in [3.05, 3.63) is 65.7 Å². The average molecular weight is 556 g/mol. The molecule has 0 bridgehead atoms. The summed E-state index contributed by atoms with van der Waals surface area (Å²) in [6.07, 6.45) is 4.21. The molecule has 3 aliphatic rings. The van der Waals surface area contributed by atoms with Gasteiger partial charge in [-0.1, -0.05) is 12.1 Å². The van der Waals surface area contributed by atoms with Gasteiger partial charge in [-0.05, 0) is 80.1 Å².